The number of rotatable bonds is 31. The lowest BCUT2D eigenvalue weighted by atomic mass is 10.1. The minimum atomic E-state index is -4.75. The number of allylic oxidation sites excluding steroid dienone is 6. The summed E-state index contributed by atoms with van der Waals surface area (Å²) in [5, 5.41) is 0. The van der Waals surface area contributed by atoms with E-state index in [4.69, 9.17) is 19.3 Å². The number of ether oxygens (including phenoxy) is 2. The maximum atomic E-state index is 12.3. The van der Waals surface area contributed by atoms with E-state index in [1.165, 1.54) is 57.8 Å². The summed E-state index contributed by atoms with van der Waals surface area (Å²) in [5.74, 6) is -0.914. The molecule has 0 aromatic carbocycles. The van der Waals surface area contributed by atoms with Crippen molar-refractivity contribution in [3.8, 4) is 0 Å². The summed E-state index contributed by atoms with van der Waals surface area (Å²) < 4.78 is 26.2. The average molecular weight is 643 g/mol. The summed E-state index contributed by atoms with van der Waals surface area (Å²) >= 11 is 0. The molecule has 0 aliphatic rings. The molecule has 0 aromatic heterocycles. The monoisotopic (exact) mass is 642 g/mol. The van der Waals surface area contributed by atoms with Gasteiger partial charge in [-0.25, -0.2) is 4.57 Å². The molecule has 0 radical (unpaired) electrons. The molecule has 8 nitrogen and oxygen atoms in total. The van der Waals surface area contributed by atoms with Gasteiger partial charge in [-0.1, -0.05) is 127 Å². The minimum Gasteiger partial charge on any atom is -0.462 e. The van der Waals surface area contributed by atoms with Crippen LogP contribution in [0.3, 0.4) is 0 Å². The van der Waals surface area contributed by atoms with Gasteiger partial charge in [0.15, 0.2) is 6.10 Å². The molecule has 1 atom stereocenters. The highest BCUT2D eigenvalue weighted by Crippen LogP contribution is 2.35. The third-order valence-electron chi connectivity index (χ3n) is 7.16. The van der Waals surface area contributed by atoms with Crippen LogP contribution in [0.2, 0.25) is 0 Å². The molecule has 0 saturated heterocycles. The van der Waals surface area contributed by atoms with Crippen LogP contribution in [-0.2, 0) is 28.2 Å². The van der Waals surface area contributed by atoms with Crippen LogP contribution < -0.4 is 0 Å². The number of hydrogen-bond donors (Lipinski definition) is 2. The smallest absolute Gasteiger partial charge is 0.462 e. The number of hydrogen-bond acceptors (Lipinski definition) is 6. The Hall–Kier alpha value is -1.73. The molecule has 9 heteroatoms. The molecule has 0 saturated carbocycles. The zero-order valence-corrected chi connectivity index (χ0v) is 28.7. The second kappa shape index (κ2) is 31.3. The Bertz CT molecular complexity index is 818. The van der Waals surface area contributed by atoms with Gasteiger partial charge in [-0.15, -0.1) is 0 Å². The van der Waals surface area contributed by atoms with Crippen LogP contribution in [-0.4, -0.2) is 41.0 Å². The molecule has 0 rings (SSSR count). The van der Waals surface area contributed by atoms with E-state index in [0.29, 0.717) is 12.8 Å². The van der Waals surface area contributed by atoms with E-state index >= 15 is 0 Å². The summed E-state index contributed by atoms with van der Waals surface area (Å²) in [6, 6.07) is 0. The van der Waals surface area contributed by atoms with Gasteiger partial charge in [-0.05, 0) is 51.4 Å². The second-order valence-electron chi connectivity index (χ2n) is 11.5. The third kappa shape index (κ3) is 33.2. The van der Waals surface area contributed by atoms with Crippen molar-refractivity contribution in [1.29, 1.82) is 0 Å². The fourth-order valence-electron chi connectivity index (χ4n) is 4.55. The maximum Gasteiger partial charge on any atom is 0.469 e. The van der Waals surface area contributed by atoms with Gasteiger partial charge in [0, 0.05) is 12.8 Å². The molecule has 0 spiro atoms. The van der Waals surface area contributed by atoms with E-state index in [1.807, 2.05) is 0 Å². The van der Waals surface area contributed by atoms with Gasteiger partial charge in [0.1, 0.15) is 6.61 Å². The molecule has 2 N–H and O–H groups in total. The highest BCUT2D eigenvalue weighted by Gasteiger charge is 2.22. The zero-order valence-electron chi connectivity index (χ0n) is 27.8. The van der Waals surface area contributed by atoms with Gasteiger partial charge in [0.05, 0.1) is 6.61 Å². The highest BCUT2D eigenvalue weighted by atomic mass is 31.2. The number of esters is 2. The van der Waals surface area contributed by atoms with E-state index in [-0.39, 0.29) is 19.4 Å². The first-order valence-corrected chi connectivity index (χ1v) is 18.8. The van der Waals surface area contributed by atoms with E-state index in [9.17, 15) is 14.2 Å². The van der Waals surface area contributed by atoms with Gasteiger partial charge in [-0.3, -0.25) is 14.1 Å². The predicted molar refractivity (Wildman–Crippen MR) is 179 cm³/mol. The highest BCUT2D eigenvalue weighted by molar-refractivity contribution is 7.46. The normalized spacial score (nSPS) is 12.9. The van der Waals surface area contributed by atoms with Crippen LogP contribution in [0, 0.1) is 0 Å². The number of phosphoric acid groups is 1. The lowest BCUT2D eigenvalue weighted by Gasteiger charge is -2.18. The SMILES string of the molecule is CCCCC/C=C/C/C=C/C/C=C/CCCCCCC(=O)OC[C@H](COP(=O)(O)O)OC(=O)CCCCCCCCCCC. The lowest BCUT2D eigenvalue weighted by molar-refractivity contribution is -0.161. The van der Waals surface area contributed by atoms with Gasteiger partial charge in [0.25, 0.3) is 0 Å². The number of phosphoric ester groups is 1. The molecular weight excluding hydrogens is 579 g/mol. The van der Waals surface area contributed by atoms with Crippen molar-refractivity contribution < 1.29 is 37.9 Å². The molecule has 0 aliphatic heterocycles. The summed E-state index contributed by atoms with van der Waals surface area (Å²) in [6.45, 7) is 3.59. The van der Waals surface area contributed by atoms with Crippen molar-refractivity contribution in [2.45, 2.75) is 161 Å². The molecule has 0 aliphatic carbocycles. The van der Waals surface area contributed by atoms with Crippen molar-refractivity contribution >= 4 is 19.8 Å². The standard InChI is InChI=1S/C35H63O8P/c1-3-5-7-9-11-13-14-15-16-17-18-19-20-22-23-25-27-29-34(36)41-31-33(32-42-44(38,39)40)43-35(37)30-28-26-24-21-12-10-8-6-4-2/h11,13,15-16,18-19,33H,3-10,12,14,17,20-32H2,1-2H3,(H2,38,39,40)/b13-11+,16-15+,19-18+/t33-/m1/s1. The molecule has 0 bridgehead atoms. The van der Waals surface area contributed by atoms with E-state index < -0.39 is 32.5 Å². The van der Waals surface area contributed by atoms with Crippen LogP contribution in [0.5, 0.6) is 0 Å². The fraction of sp³-hybridized carbons (Fsp3) is 0.771. The van der Waals surface area contributed by atoms with Crippen LogP contribution in [0.25, 0.3) is 0 Å². The van der Waals surface area contributed by atoms with Gasteiger partial charge in [0.2, 0.25) is 0 Å². The molecule has 0 amide bonds. The Labute approximate surface area is 268 Å². The second-order valence-corrected chi connectivity index (χ2v) is 12.7. The molecule has 44 heavy (non-hydrogen) atoms. The van der Waals surface area contributed by atoms with Crippen molar-refractivity contribution in [1.82, 2.24) is 0 Å². The summed E-state index contributed by atoms with van der Waals surface area (Å²) in [6.07, 6.45) is 34.4. The average Bonchev–Trinajstić information content (AvgIpc) is 2.98. The van der Waals surface area contributed by atoms with Crippen molar-refractivity contribution in [2.24, 2.45) is 0 Å². The van der Waals surface area contributed by atoms with Crippen LogP contribution in [0.1, 0.15) is 155 Å². The quantitative estimate of drug-likeness (QED) is 0.0332. The lowest BCUT2D eigenvalue weighted by Crippen LogP contribution is -2.29. The molecule has 0 unspecified atom stereocenters. The number of carbonyl (C=O) groups excluding carboxylic acids is 2. The first-order valence-electron chi connectivity index (χ1n) is 17.3. The van der Waals surface area contributed by atoms with Crippen molar-refractivity contribution in [3.63, 3.8) is 0 Å². The fourth-order valence-corrected chi connectivity index (χ4v) is 4.91. The third-order valence-corrected chi connectivity index (χ3v) is 7.65. The summed E-state index contributed by atoms with van der Waals surface area (Å²) in [7, 11) is -4.75. The van der Waals surface area contributed by atoms with E-state index in [2.05, 4.69) is 54.8 Å². The van der Waals surface area contributed by atoms with Crippen LogP contribution >= 0.6 is 7.82 Å². The summed E-state index contributed by atoms with van der Waals surface area (Å²) in [5.41, 5.74) is 0. The Balaban J connectivity index is 4.02. The maximum absolute atomic E-state index is 12.3. The van der Waals surface area contributed by atoms with E-state index in [0.717, 1.165) is 57.8 Å². The Kier molecular flexibility index (Phi) is 30.0. The van der Waals surface area contributed by atoms with Crippen LogP contribution in [0.4, 0.5) is 0 Å². The molecular formula is C35H63O8P. The molecule has 0 heterocycles. The first kappa shape index (κ1) is 42.3. The summed E-state index contributed by atoms with van der Waals surface area (Å²) in [4.78, 5) is 42.5. The van der Waals surface area contributed by atoms with Gasteiger partial charge < -0.3 is 19.3 Å². The molecule has 0 fully saturated rings. The predicted octanol–water partition coefficient (Wildman–Crippen LogP) is 9.84. The Morgan fingerprint density at radius 2 is 1.02 bits per heavy atom. The topological polar surface area (TPSA) is 119 Å². The first-order chi connectivity index (χ1) is 21.3. The van der Waals surface area contributed by atoms with Crippen molar-refractivity contribution in [3.05, 3.63) is 36.5 Å². The zero-order chi connectivity index (χ0) is 32.6. The molecule has 256 valence electrons. The molecule has 0 aromatic rings. The Morgan fingerprint density at radius 3 is 1.57 bits per heavy atom. The number of unbranched alkanes of at least 4 members (excludes halogenated alkanes) is 15. The van der Waals surface area contributed by atoms with Gasteiger partial charge in [-0.2, -0.15) is 0 Å². The minimum absolute atomic E-state index is 0.207. The van der Waals surface area contributed by atoms with E-state index in [1.54, 1.807) is 0 Å². The van der Waals surface area contributed by atoms with Crippen LogP contribution in [0.15, 0.2) is 36.5 Å². The largest absolute Gasteiger partial charge is 0.469 e. The number of carbonyl (C=O) groups is 2. The van der Waals surface area contributed by atoms with Gasteiger partial charge >= 0.3 is 19.8 Å². The Morgan fingerprint density at radius 1 is 0.591 bits per heavy atom. The van der Waals surface area contributed by atoms with Crippen molar-refractivity contribution in [2.75, 3.05) is 13.2 Å².